The molecule has 0 saturated carbocycles. The van der Waals surface area contributed by atoms with Crippen molar-refractivity contribution in [2.24, 2.45) is 0 Å². The summed E-state index contributed by atoms with van der Waals surface area (Å²) in [5.41, 5.74) is 0.288. The maximum absolute atomic E-state index is 13.4. The molecule has 2 aromatic rings. The number of anilines is 1. The second kappa shape index (κ2) is 6.53. The Morgan fingerprint density at radius 3 is 2.62 bits per heavy atom. The van der Waals surface area contributed by atoms with Gasteiger partial charge in [0.25, 0.3) is 0 Å². The highest BCUT2D eigenvalue weighted by Crippen LogP contribution is 2.32. The Labute approximate surface area is 135 Å². The van der Waals surface area contributed by atoms with Gasteiger partial charge < -0.3 is 20.1 Å². The van der Waals surface area contributed by atoms with E-state index in [1.165, 1.54) is 0 Å². The predicted molar refractivity (Wildman–Crippen MR) is 79.4 cm³/mol. The highest BCUT2D eigenvalue weighted by Gasteiger charge is 2.17. The van der Waals surface area contributed by atoms with Crippen molar-refractivity contribution in [1.82, 2.24) is 5.32 Å². The van der Waals surface area contributed by atoms with Crippen LogP contribution in [0.1, 0.15) is 5.56 Å². The average molecular weight is 334 g/mol. The minimum atomic E-state index is -1.10. The Hall–Kier alpha value is -3.16. The zero-order valence-electron chi connectivity index (χ0n) is 12.3. The molecular formula is C16H12F2N2O4. The lowest BCUT2D eigenvalue weighted by atomic mass is 10.2. The van der Waals surface area contributed by atoms with E-state index in [0.29, 0.717) is 17.1 Å². The maximum atomic E-state index is 13.4. The molecule has 0 radical (unpaired) electrons. The number of amides is 2. The van der Waals surface area contributed by atoms with Crippen LogP contribution >= 0.6 is 0 Å². The van der Waals surface area contributed by atoms with Gasteiger partial charge in [-0.05, 0) is 29.8 Å². The summed E-state index contributed by atoms with van der Waals surface area (Å²) >= 11 is 0. The fraction of sp³-hybridized carbons (Fsp3) is 0.125. The standard InChI is InChI=1S/C16H12F2N2O4/c17-10-2-3-11(18)12(6-10)20-16(22)15(21)19-7-9-1-4-13-14(5-9)24-8-23-13/h1-6H,7-8H2,(H,19,21)(H,20,22). The number of nitrogens with one attached hydrogen (secondary N) is 2. The molecule has 8 heteroatoms. The molecule has 0 aliphatic carbocycles. The van der Waals surface area contributed by atoms with Crippen LogP contribution in [0.2, 0.25) is 0 Å². The summed E-state index contributed by atoms with van der Waals surface area (Å²) in [6, 6.07) is 7.62. The summed E-state index contributed by atoms with van der Waals surface area (Å²) in [4.78, 5) is 23.5. The first-order valence-electron chi connectivity index (χ1n) is 6.95. The van der Waals surface area contributed by atoms with Gasteiger partial charge in [-0.25, -0.2) is 8.78 Å². The summed E-state index contributed by atoms with van der Waals surface area (Å²) < 4.78 is 36.8. The second-order valence-electron chi connectivity index (χ2n) is 4.95. The van der Waals surface area contributed by atoms with Gasteiger partial charge in [0.2, 0.25) is 6.79 Å². The smallest absolute Gasteiger partial charge is 0.313 e. The summed E-state index contributed by atoms with van der Waals surface area (Å²) in [5.74, 6) is -2.49. The van der Waals surface area contributed by atoms with E-state index < -0.39 is 29.1 Å². The Morgan fingerprint density at radius 1 is 1.00 bits per heavy atom. The van der Waals surface area contributed by atoms with E-state index in [0.717, 1.165) is 18.2 Å². The molecule has 0 fully saturated rings. The van der Waals surface area contributed by atoms with Crippen molar-refractivity contribution in [3.63, 3.8) is 0 Å². The number of halogens is 2. The van der Waals surface area contributed by atoms with Gasteiger partial charge in [0.05, 0.1) is 5.69 Å². The third-order valence-corrected chi connectivity index (χ3v) is 3.27. The van der Waals surface area contributed by atoms with Crippen LogP contribution < -0.4 is 20.1 Å². The Kier molecular flexibility index (Phi) is 4.28. The van der Waals surface area contributed by atoms with Crippen LogP contribution in [-0.4, -0.2) is 18.6 Å². The zero-order valence-corrected chi connectivity index (χ0v) is 12.3. The number of carbonyl (C=O) groups is 2. The van der Waals surface area contributed by atoms with Crippen molar-refractivity contribution < 1.29 is 27.8 Å². The Bertz CT molecular complexity index is 811. The van der Waals surface area contributed by atoms with Crippen LogP contribution in [0.5, 0.6) is 11.5 Å². The van der Waals surface area contributed by atoms with Gasteiger partial charge >= 0.3 is 11.8 Å². The van der Waals surface area contributed by atoms with Crippen LogP contribution in [0.4, 0.5) is 14.5 Å². The predicted octanol–water partition coefficient (Wildman–Crippen LogP) is 1.95. The van der Waals surface area contributed by atoms with Crippen LogP contribution in [0.25, 0.3) is 0 Å². The first-order chi connectivity index (χ1) is 11.5. The molecule has 6 nitrogen and oxygen atoms in total. The van der Waals surface area contributed by atoms with Crippen LogP contribution in [0.15, 0.2) is 36.4 Å². The van der Waals surface area contributed by atoms with E-state index in [9.17, 15) is 18.4 Å². The third-order valence-electron chi connectivity index (χ3n) is 3.27. The van der Waals surface area contributed by atoms with Crippen LogP contribution in [0, 0.1) is 11.6 Å². The topological polar surface area (TPSA) is 76.7 Å². The van der Waals surface area contributed by atoms with Crippen LogP contribution in [0.3, 0.4) is 0 Å². The molecule has 0 spiro atoms. The monoisotopic (exact) mass is 334 g/mol. The molecule has 0 bridgehead atoms. The number of hydrogen-bond donors (Lipinski definition) is 2. The molecule has 0 aromatic heterocycles. The number of ether oxygens (including phenoxy) is 2. The molecule has 0 saturated heterocycles. The minimum absolute atomic E-state index is 0.0640. The molecule has 1 aliphatic rings. The highest BCUT2D eigenvalue weighted by atomic mass is 19.1. The Balaban J connectivity index is 1.58. The first-order valence-corrected chi connectivity index (χ1v) is 6.95. The quantitative estimate of drug-likeness (QED) is 0.841. The average Bonchev–Trinajstić information content (AvgIpc) is 3.03. The van der Waals surface area contributed by atoms with E-state index in [-0.39, 0.29) is 13.3 Å². The molecule has 2 N–H and O–H groups in total. The fourth-order valence-corrected chi connectivity index (χ4v) is 2.09. The fourth-order valence-electron chi connectivity index (χ4n) is 2.09. The molecule has 0 unspecified atom stereocenters. The molecule has 0 atom stereocenters. The molecule has 124 valence electrons. The maximum Gasteiger partial charge on any atom is 0.313 e. The lowest BCUT2D eigenvalue weighted by Crippen LogP contribution is -2.35. The first kappa shape index (κ1) is 15.7. The third kappa shape index (κ3) is 3.43. The van der Waals surface area contributed by atoms with Gasteiger partial charge in [-0.15, -0.1) is 0 Å². The van der Waals surface area contributed by atoms with Gasteiger partial charge in [0, 0.05) is 12.6 Å². The molecule has 1 heterocycles. The Morgan fingerprint density at radius 2 is 1.79 bits per heavy atom. The van der Waals surface area contributed by atoms with Crippen molar-refractivity contribution in [2.45, 2.75) is 6.54 Å². The highest BCUT2D eigenvalue weighted by molar-refractivity contribution is 6.39. The zero-order chi connectivity index (χ0) is 17.1. The van der Waals surface area contributed by atoms with Crippen molar-refractivity contribution >= 4 is 17.5 Å². The van der Waals surface area contributed by atoms with E-state index in [2.05, 4.69) is 5.32 Å². The largest absolute Gasteiger partial charge is 0.454 e. The van der Waals surface area contributed by atoms with Crippen LogP contribution in [-0.2, 0) is 16.1 Å². The number of benzene rings is 2. The molecule has 2 aromatic carbocycles. The minimum Gasteiger partial charge on any atom is -0.454 e. The van der Waals surface area contributed by atoms with Crippen molar-refractivity contribution in [3.05, 3.63) is 53.6 Å². The van der Waals surface area contributed by atoms with Crippen molar-refractivity contribution in [3.8, 4) is 11.5 Å². The van der Waals surface area contributed by atoms with Gasteiger partial charge in [-0.2, -0.15) is 0 Å². The summed E-state index contributed by atoms with van der Waals surface area (Å²) in [7, 11) is 0. The van der Waals surface area contributed by atoms with Crippen molar-refractivity contribution in [1.29, 1.82) is 0 Å². The molecule has 24 heavy (non-hydrogen) atoms. The van der Waals surface area contributed by atoms with Crippen molar-refractivity contribution in [2.75, 3.05) is 12.1 Å². The normalized spacial score (nSPS) is 11.9. The molecule has 1 aliphatic heterocycles. The van der Waals surface area contributed by atoms with E-state index in [1.807, 2.05) is 5.32 Å². The summed E-state index contributed by atoms with van der Waals surface area (Å²) in [5, 5.41) is 4.40. The van der Waals surface area contributed by atoms with Gasteiger partial charge in [0.1, 0.15) is 11.6 Å². The van der Waals surface area contributed by atoms with Gasteiger partial charge in [0.15, 0.2) is 11.5 Å². The summed E-state index contributed by atoms with van der Waals surface area (Å²) in [6.07, 6.45) is 0. The van der Waals surface area contributed by atoms with Gasteiger partial charge in [-0.1, -0.05) is 6.07 Å². The van der Waals surface area contributed by atoms with E-state index >= 15 is 0 Å². The lowest BCUT2D eigenvalue weighted by molar-refractivity contribution is -0.136. The SMILES string of the molecule is O=C(NCc1ccc2c(c1)OCO2)C(=O)Nc1cc(F)ccc1F. The summed E-state index contributed by atoms with van der Waals surface area (Å²) in [6.45, 7) is 0.196. The lowest BCUT2D eigenvalue weighted by Gasteiger charge is -2.08. The number of rotatable bonds is 3. The molecular weight excluding hydrogens is 322 g/mol. The number of fused-ring (bicyclic) bond motifs is 1. The van der Waals surface area contributed by atoms with E-state index in [4.69, 9.17) is 9.47 Å². The number of hydrogen-bond acceptors (Lipinski definition) is 4. The molecule has 2 amide bonds. The van der Waals surface area contributed by atoms with Gasteiger partial charge in [-0.3, -0.25) is 9.59 Å². The molecule has 3 rings (SSSR count). The second-order valence-corrected chi connectivity index (χ2v) is 4.95. The number of carbonyl (C=O) groups excluding carboxylic acids is 2. The van der Waals surface area contributed by atoms with E-state index in [1.54, 1.807) is 18.2 Å².